The number of aromatic amines is 1. The van der Waals surface area contributed by atoms with Crippen LogP contribution >= 0.6 is 0 Å². The van der Waals surface area contributed by atoms with Crippen LogP contribution in [0.3, 0.4) is 0 Å². The zero-order valence-electron chi connectivity index (χ0n) is 19.7. The summed E-state index contributed by atoms with van der Waals surface area (Å²) in [4.78, 5) is 18.1. The molecule has 2 aromatic rings. The second-order valence-corrected chi connectivity index (χ2v) is 8.25. The highest BCUT2D eigenvalue weighted by molar-refractivity contribution is 6.12. The van der Waals surface area contributed by atoms with E-state index in [0.717, 1.165) is 28.3 Å². The first-order chi connectivity index (χ1) is 15.4. The van der Waals surface area contributed by atoms with E-state index in [4.69, 9.17) is 4.99 Å². The van der Waals surface area contributed by atoms with Crippen molar-refractivity contribution in [2.45, 2.75) is 41.0 Å². The quantitative estimate of drug-likeness (QED) is 0.718. The third-order valence-electron chi connectivity index (χ3n) is 4.85. The molecular weight excluding hydrogens is 398 g/mol. The number of hydrogen-bond acceptors (Lipinski definition) is 6. The molecule has 0 radical (unpaired) electrons. The van der Waals surface area contributed by atoms with E-state index in [1.165, 1.54) is 0 Å². The normalized spacial score (nSPS) is 18.8. The van der Waals surface area contributed by atoms with Gasteiger partial charge in [-0.25, -0.2) is 15.0 Å². The third-order valence-corrected chi connectivity index (χ3v) is 4.85. The molecule has 1 aliphatic heterocycles. The largest absolute Gasteiger partial charge is 0.357 e. The lowest BCUT2D eigenvalue weighted by Gasteiger charge is -2.13. The number of aromatic nitrogens is 4. The Balaban J connectivity index is 0.00000141. The summed E-state index contributed by atoms with van der Waals surface area (Å²) in [6.07, 6.45) is 10.7. The van der Waals surface area contributed by atoms with Crippen LogP contribution in [-0.4, -0.2) is 45.3 Å². The first kappa shape index (κ1) is 23.1. The zero-order chi connectivity index (χ0) is 23.1. The van der Waals surface area contributed by atoms with Gasteiger partial charge in [0.15, 0.2) is 5.84 Å². The van der Waals surface area contributed by atoms with Crippen molar-refractivity contribution in [1.82, 2.24) is 20.2 Å². The molecule has 0 spiro atoms. The first-order valence-corrected chi connectivity index (χ1v) is 11.0. The Hall–Kier alpha value is -3.53. The number of hydrogen-bond donors (Lipinski definition) is 2. The van der Waals surface area contributed by atoms with Crippen molar-refractivity contribution >= 4 is 29.6 Å². The topological polar surface area (TPSA) is 91.2 Å². The summed E-state index contributed by atoms with van der Waals surface area (Å²) in [7, 11) is 1.79. The van der Waals surface area contributed by atoms with Crippen LogP contribution in [0.1, 0.15) is 46.7 Å². The molecule has 1 unspecified atom stereocenters. The Kier molecular flexibility index (Phi) is 7.37. The molecule has 0 bridgehead atoms. The van der Waals surface area contributed by atoms with Crippen LogP contribution in [0.25, 0.3) is 12.2 Å². The maximum Gasteiger partial charge on any atom is 0.223 e. The van der Waals surface area contributed by atoms with Crippen LogP contribution in [0.4, 0.5) is 5.95 Å². The van der Waals surface area contributed by atoms with E-state index >= 15 is 0 Å². The summed E-state index contributed by atoms with van der Waals surface area (Å²) in [5.74, 6) is 8.13. The van der Waals surface area contributed by atoms with Crippen molar-refractivity contribution in [3.05, 3.63) is 46.4 Å². The number of rotatable bonds is 2. The van der Waals surface area contributed by atoms with Crippen LogP contribution < -0.4 is 15.9 Å². The lowest BCUT2D eigenvalue weighted by atomic mass is 9.91. The maximum atomic E-state index is 4.76. The number of fused-ring (bicyclic) bond motifs is 1. The average molecular weight is 430 g/mol. The van der Waals surface area contributed by atoms with Crippen LogP contribution in [0.15, 0.2) is 40.1 Å². The van der Waals surface area contributed by atoms with Gasteiger partial charge in [-0.1, -0.05) is 46.6 Å². The van der Waals surface area contributed by atoms with Gasteiger partial charge in [0.25, 0.3) is 0 Å². The van der Waals surface area contributed by atoms with Gasteiger partial charge in [-0.3, -0.25) is 10.1 Å². The highest BCUT2D eigenvalue weighted by atomic mass is 15.1. The van der Waals surface area contributed by atoms with E-state index < -0.39 is 0 Å². The monoisotopic (exact) mass is 429 g/mol. The van der Waals surface area contributed by atoms with Crippen molar-refractivity contribution in [2.75, 3.05) is 18.9 Å². The molecule has 3 heterocycles. The molecule has 32 heavy (non-hydrogen) atoms. The first-order valence-electron chi connectivity index (χ1n) is 11.0. The number of nitrogens with one attached hydrogen (secondary N) is 2. The van der Waals surface area contributed by atoms with Gasteiger partial charge in [0.05, 0.1) is 17.3 Å². The molecule has 1 aliphatic carbocycles. The van der Waals surface area contributed by atoms with Gasteiger partial charge in [0.1, 0.15) is 5.69 Å². The van der Waals surface area contributed by atoms with E-state index in [0.29, 0.717) is 29.9 Å². The highest BCUT2D eigenvalue weighted by Crippen LogP contribution is 2.22. The standard InChI is InChI=1S/C23H25N7.C2H6/c1-15-9-18(28-21(26-13-15)19-7-8-25-22(24-4)29-19)6-5-16-10-17-14-27-30-20(17)12-23(2,3)11-16;1-2/h7-8,10-12,14-15,30H,9,13H2,1-4H3,(H,24,25,29);1-2H3. The van der Waals surface area contributed by atoms with E-state index in [1.807, 2.05) is 26.1 Å². The van der Waals surface area contributed by atoms with Crippen LogP contribution in [0.5, 0.6) is 0 Å². The molecular formula is C25H31N7. The van der Waals surface area contributed by atoms with Crippen LogP contribution in [0.2, 0.25) is 0 Å². The number of aliphatic imine (C=N–C) groups is 2. The van der Waals surface area contributed by atoms with Crippen molar-refractivity contribution in [3.63, 3.8) is 0 Å². The van der Waals surface area contributed by atoms with Crippen LogP contribution in [-0.2, 0) is 0 Å². The molecule has 2 aromatic heterocycles. The van der Waals surface area contributed by atoms with Gasteiger partial charge in [-0.2, -0.15) is 5.10 Å². The van der Waals surface area contributed by atoms with E-state index in [2.05, 4.69) is 81.3 Å². The fourth-order valence-electron chi connectivity index (χ4n) is 3.44. The molecule has 0 saturated heterocycles. The summed E-state index contributed by atoms with van der Waals surface area (Å²) in [5.41, 5.74) is 2.33. The maximum absolute atomic E-state index is 4.76. The third kappa shape index (κ3) is 5.79. The SMILES string of the molecule is CC.CNc1nccc(C2=NCC(C)CC(C#CC3=CC(C)(C)C=c4[nH]ncc4=C3)=N2)n1. The molecule has 166 valence electrons. The van der Waals surface area contributed by atoms with Crippen LogP contribution in [0, 0.1) is 23.2 Å². The number of nitrogens with zero attached hydrogens (tertiary/aromatic N) is 5. The summed E-state index contributed by atoms with van der Waals surface area (Å²) < 4.78 is 0. The van der Waals surface area contributed by atoms with Gasteiger partial charge >= 0.3 is 0 Å². The molecule has 0 fully saturated rings. The van der Waals surface area contributed by atoms with E-state index in [1.54, 1.807) is 13.2 Å². The lowest BCUT2D eigenvalue weighted by molar-refractivity contribution is 0.630. The zero-order valence-corrected chi connectivity index (χ0v) is 19.7. The Morgan fingerprint density at radius 3 is 2.78 bits per heavy atom. The predicted molar refractivity (Wildman–Crippen MR) is 132 cm³/mol. The predicted octanol–water partition coefficient (Wildman–Crippen LogP) is 2.73. The van der Waals surface area contributed by atoms with Gasteiger partial charge in [-0.15, -0.1) is 0 Å². The average Bonchev–Trinajstić information content (AvgIpc) is 3.04. The van der Waals surface area contributed by atoms with E-state index in [9.17, 15) is 0 Å². The molecule has 0 aromatic carbocycles. The molecule has 7 nitrogen and oxygen atoms in total. The molecule has 7 heteroatoms. The second-order valence-electron chi connectivity index (χ2n) is 8.25. The molecule has 0 amide bonds. The molecule has 0 saturated carbocycles. The smallest absolute Gasteiger partial charge is 0.223 e. The Bertz CT molecular complexity index is 1230. The summed E-state index contributed by atoms with van der Waals surface area (Å²) in [5, 5.41) is 12.2. The minimum Gasteiger partial charge on any atom is -0.357 e. The van der Waals surface area contributed by atoms with Crippen molar-refractivity contribution in [3.8, 4) is 11.8 Å². The highest BCUT2D eigenvalue weighted by Gasteiger charge is 2.16. The number of anilines is 1. The molecule has 2 aliphatic rings. The van der Waals surface area contributed by atoms with E-state index in [-0.39, 0.29) is 5.41 Å². The van der Waals surface area contributed by atoms with Crippen molar-refractivity contribution in [1.29, 1.82) is 0 Å². The summed E-state index contributed by atoms with van der Waals surface area (Å²) in [6, 6.07) is 1.82. The lowest BCUT2D eigenvalue weighted by Crippen LogP contribution is -2.23. The molecule has 2 N–H and O–H groups in total. The fraction of sp³-hybridized carbons (Fsp3) is 0.400. The minimum absolute atomic E-state index is 0.131. The number of H-pyrrole nitrogens is 1. The number of allylic oxidation sites excluding steroid dienone is 2. The van der Waals surface area contributed by atoms with Crippen molar-refractivity contribution in [2.24, 2.45) is 21.3 Å². The van der Waals surface area contributed by atoms with Gasteiger partial charge in [-0.05, 0) is 30.1 Å². The molecule has 4 rings (SSSR count). The van der Waals surface area contributed by atoms with Gasteiger partial charge in [0, 0.05) is 42.4 Å². The Labute approximate surface area is 189 Å². The fourth-order valence-corrected chi connectivity index (χ4v) is 3.44. The minimum atomic E-state index is -0.131. The van der Waals surface area contributed by atoms with Gasteiger partial charge in [0.2, 0.25) is 5.95 Å². The second kappa shape index (κ2) is 10.2. The van der Waals surface area contributed by atoms with Crippen molar-refractivity contribution < 1.29 is 0 Å². The summed E-state index contributed by atoms with van der Waals surface area (Å²) >= 11 is 0. The van der Waals surface area contributed by atoms with Gasteiger partial charge < -0.3 is 5.32 Å². The molecule has 1 atom stereocenters. The summed E-state index contributed by atoms with van der Waals surface area (Å²) in [6.45, 7) is 11.2. The Morgan fingerprint density at radius 1 is 1.19 bits per heavy atom. The number of amidine groups is 1. The Morgan fingerprint density at radius 2 is 2.00 bits per heavy atom.